The van der Waals surface area contributed by atoms with Gasteiger partial charge in [-0.15, -0.1) is 0 Å². The molecule has 0 saturated heterocycles. The summed E-state index contributed by atoms with van der Waals surface area (Å²) in [5.41, 5.74) is 4.99. The lowest BCUT2D eigenvalue weighted by atomic mass is 10.0. The van der Waals surface area contributed by atoms with Crippen LogP contribution in [0.5, 0.6) is 0 Å². The standard InChI is InChI=1S/C19H19BrN2O2/c1-11-4-5-12(2)16(8-11)19(24)22(13(3)23)17-10-15(20)9-14-6-7-21-18(14)17/h4-5,8-10,21H,6-7H2,1-3H3. The number of fused-ring (bicyclic) bond motifs is 1. The van der Waals surface area contributed by atoms with Crippen LogP contribution >= 0.6 is 15.9 Å². The van der Waals surface area contributed by atoms with Crippen LogP contribution in [0.1, 0.15) is 34.0 Å². The maximum Gasteiger partial charge on any atom is 0.265 e. The zero-order valence-electron chi connectivity index (χ0n) is 13.9. The molecule has 124 valence electrons. The Morgan fingerprint density at radius 3 is 2.62 bits per heavy atom. The summed E-state index contributed by atoms with van der Waals surface area (Å²) in [7, 11) is 0. The number of nitrogens with one attached hydrogen (secondary N) is 1. The van der Waals surface area contributed by atoms with Crippen LogP contribution in [0.4, 0.5) is 11.4 Å². The van der Waals surface area contributed by atoms with Gasteiger partial charge in [0.2, 0.25) is 5.91 Å². The molecule has 1 heterocycles. The van der Waals surface area contributed by atoms with Crippen LogP contribution < -0.4 is 10.2 Å². The van der Waals surface area contributed by atoms with Crippen molar-refractivity contribution in [3.63, 3.8) is 0 Å². The number of nitrogens with zero attached hydrogens (tertiary/aromatic N) is 1. The largest absolute Gasteiger partial charge is 0.383 e. The maximum atomic E-state index is 13.1. The molecule has 5 heteroatoms. The monoisotopic (exact) mass is 386 g/mol. The second-order valence-corrected chi connectivity index (χ2v) is 7.03. The van der Waals surface area contributed by atoms with E-state index < -0.39 is 0 Å². The lowest BCUT2D eigenvalue weighted by Gasteiger charge is -2.23. The van der Waals surface area contributed by atoms with Crippen LogP contribution in [0.15, 0.2) is 34.8 Å². The molecule has 1 aliphatic rings. The first kappa shape index (κ1) is 16.7. The quantitative estimate of drug-likeness (QED) is 0.839. The Labute approximate surface area is 150 Å². The molecule has 2 aromatic rings. The molecule has 2 amide bonds. The SMILES string of the molecule is CC(=O)N(C(=O)c1cc(C)ccc1C)c1cc(Br)cc2c1NCC2. The molecule has 0 fully saturated rings. The van der Waals surface area contributed by atoms with E-state index in [1.807, 2.05) is 44.2 Å². The maximum absolute atomic E-state index is 13.1. The van der Waals surface area contributed by atoms with Gasteiger partial charge in [-0.3, -0.25) is 9.59 Å². The third-order valence-electron chi connectivity index (χ3n) is 4.24. The molecule has 0 aliphatic carbocycles. The van der Waals surface area contributed by atoms with Gasteiger partial charge in [-0.05, 0) is 49.6 Å². The number of rotatable bonds is 2. The molecular formula is C19H19BrN2O2. The van der Waals surface area contributed by atoms with Crippen LogP contribution in [-0.4, -0.2) is 18.4 Å². The number of aryl methyl sites for hydroxylation is 2. The summed E-state index contributed by atoms with van der Waals surface area (Å²) in [6, 6.07) is 9.55. The molecule has 1 N–H and O–H groups in total. The number of hydrogen-bond acceptors (Lipinski definition) is 3. The van der Waals surface area contributed by atoms with Crippen molar-refractivity contribution in [1.29, 1.82) is 0 Å². The molecule has 0 radical (unpaired) electrons. The van der Waals surface area contributed by atoms with Crippen molar-refractivity contribution >= 4 is 39.1 Å². The molecule has 24 heavy (non-hydrogen) atoms. The summed E-state index contributed by atoms with van der Waals surface area (Å²) in [5, 5.41) is 3.30. The number of hydrogen-bond donors (Lipinski definition) is 1. The van der Waals surface area contributed by atoms with Crippen molar-refractivity contribution in [1.82, 2.24) is 0 Å². The second-order valence-electron chi connectivity index (χ2n) is 6.11. The smallest absolute Gasteiger partial charge is 0.265 e. The number of carbonyl (C=O) groups is 2. The topological polar surface area (TPSA) is 49.4 Å². The van der Waals surface area contributed by atoms with E-state index in [4.69, 9.17) is 0 Å². The third-order valence-corrected chi connectivity index (χ3v) is 4.70. The Hall–Kier alpha value is -2.14. The van der Waals surface area contributed by atoms with E-state index in [0.29, 0.717) is 11.3 Å². The summed E-state index contributed by atoms with van der Waals surface area (Å²) >= 11 is 3.49. The number of carbonyl (C=O) groups excluding carboxylic acids is 2. The van der Waals surface area contributed by atoms with Gasteiger partial charge in [-0.1, -0.05) is 33.6 Å². The number of halogens is 1. The van der Waals surface area contributed by atoms with Crippen LogP contribution in [-0.2, 0) is 11.2 Å². The van der Waals surface area contributed by atoms with Crippen molar-refractivity contribution in [2.24, 2.45) is 0 Å². The number of benzene rings is 2. The van der Waals surface area contributed by atoms with Gasteiger partial charge in [0, 0.05) is 23.5 Å². The summed E-state index contributed by atoms with van der Waals surface area (Å²) in [4.78, 5) is 26.7. The molecule has 3 rings (SSSR count). The average molecular weight is 387 g/mol. The molecule has 0 aromatic heterocycles. The van der Waals surface area contributed by atoms with Crippen molar-refractivity contribution in [2.45, 2.75) is 27.2 Å². The Bertz CT molecular complexity index is 846. The number of imide groups is 1. The predicted molar refractivity (Wildman–Crippen MR) is 99.7 cm³/mol. The van der Waals surface area contributed by atoms with Crippen molar-refractivity contribution in [3.8, 4) is 0 Å². The lowest BCUT2D eigenvalue weighted by Crippen LogP contribution is -2.36. The van der Waals surface area contributed by atoms with Crippen LogP contribution in [0, 0.1) is 13.8 Å². The van der Waals surface area contributed by atoms with Gasteiger partial charge in [0.1, 0.15) is 0 Å². The number of amides is 2. The summed E-state index contributed by atoms with van der Waals surface area (Å²) in [5.74, 6) is -0.590. The first-order valence-corrected chi connectivity index (χ1v) is 8.66. The highest BCUT2D eigenvalue weighted by Gasteiger charge is 2.28. The van der Waals surface area contributed by atoms with Gasteiger partial charge < -0.3 is 5.32 Å². The lowest BCUT2D eigenvalue weighted by molar-refractivity contribution is -0.115. The van der Waals surface area contributed by atoms with Gasteiger partial charge in [0.25, 0.3) is 5.91 Å². The van der Waals surface area contributed by atoms with E-state index in [2.05, 4.69) is 21.2 Å². The minimum atomic E-state index is -0.296. The van der Waals surface area contributed by atoms with Gasteiger partial charge in [0.05, 0.1) is 11.4 Å². The first-order chi connectivity index (χ1) is 11.4. The highest BCUT2D eigenvalue weighted by atomic mass is 79.9. The van der Waals surface area contributed by atoms with E-state index in [-0.39, 0.29) is 11.8 Å². The van der Waals surface area contributed by atoms with Gasteiger partial charge in [-0.2, -0.15) is 0 Å². The molecule has 0 atom stereocenters. The molecule has 4 nitrogen and oxygen atoms in total. The fraction of sp³-hybridized carbons (Fsp3) is 0.263. The van der Waals surface area contributed by atoms with Crippen LogP contribution in [0.25, 0.3) is 0 Å². The Kier molecular flexibility index (Phi) is 4.45. The van der Waals surface area contributed by atoms with Gasteiger partial charge in [-0.25, -0.2) is 4.90 Å². The van der Waals surface area contributed by atoms with Crippen LogP contribution in [0.2, 0.25) is 0 Å². The molecular weight excluding hydrogens is 368 g/mol. The van der Waals surface area contributed by atoms with Crippen LogP contribution in [0.3, 0.4) is 0 Å². The summed E-state index contributed by atoms with van der Waals surface area (Å²) < 4.78 is 0.861. The highest BCUT2D eigenvalue weighted by molar-refractivity contribution is 9.10. The minimum Gasteiger partial charge on any atom is -0.383 e. The highest BCUT2D eigenvalue weighted by Crippen LogP contribution is 2.37. The second kappa shape index (κ2) is 6.40. The Morgan fingerprint density at radius 2 is 1.92 bits per heavy atom. The van der Waals surface area contributed by atoms with Crippen molar-refractivity contribution in [3.05, 3.63) is 57.1 Å². The predicted octanol–water partition coefficient (Wildman–Crippen LogP) is 4.23. The van der Waals surface area contributed by atoms with E-state index in [1.54, 1.807) is 0 Å². The minimum absolute atomic E-state index is 0.294. The Balaban J connectivity index is 2.14. The van der Waals surface area contributed by atoms with Gasteiger partial charge in [0.15, 0.2) is 0 Å². The van der Waals surface area contributed by atoms with Crippen molar-refractivity contribution < 1.29 is 9.59 Å². The van der Waals surface area contributed by atoms with E-state index in [1.165, 1.54) is 11.8 Å². The zero-order valence-corrected chi connectivity index (χ0v) is 15.5. The van der Waals surface area contributed by atoms with Gasteiger partial charge >= 0.3 is 0 Å². The first-order valence-electron chi connectivity index (χ1n) is 7.87. The fourth-order valence-electron chi connectivity index (χ4n) is 3.06. The normalized spacial score (nSPS) is 12.5. The molecule has 0 spiro atoms. The molecule has 1 aliphatic heterocycles. The van der Waals surface area contributed by atoms with Crippen molar-refractivity contribution in [2.75, 3.05) is 16.8 Å². The molecule has 2 aromatic carbocycles. The average Bonchev–Trinajstić information content (AvgIpc) is 2.97. The van der Waals surface area contributed by atoms with E-state index in [9.17, 15) is 9.59 Å². The summed E-state index contributed by atoms with van der Waals surface area (Å²) in [6.45, 7) is 6.05. The number of anilines is 2. The summed E-state index contributed by atoms with van der Waals surface area (Å²) in [6.07, 6.45) is 0.880. The Morgan fingerprint density at radius 1 is 1.17 bits per heavy atom. The molecule has 0 unspecified atom stereocenters. The van der Waals surface area contributed by atoms with E-state index >= 15 is 0 Å². The van der Waals surface area contributed by atoms with E-state index in [0.717, 1.165) is 39.8 Å². The fourth-order valence-corrected chi connectivity index (χ4v) is 3.55. The zero-order chi connectivity index (χ0) is 17.4. The molecule has 0 saturated carbocycles. The third kappa shape index (κ3) is 2.96. The molecule has 0 bridgehead atoms.